The van der Waals surface area contributed by atoms with Crippen molar-refractivity contribution in [1.82, 2.24) is 24.9 Å². The molecule has 1 amide bonds. The van der Waals surface area contributed by atoms with E-state index in [2.05, 4.69) is 15.3 Å². The molecule has 122 valence electrons. The average molecular weight is 336 g/mol. The van der Waals surface area contributed by atoms with Crippen molar-refractivity contribution in [3.05, 3.63) is 40.9 Å². The summed E-state index contributed by atoms with van der Waals surface area (Å²) in [4.78, 5) is 18.1. The summed E-state index contributed by atoms with van der Waals surface area (Å²) in [7, 11) is 0. The first-order valence-electron chi connectivity index (χ1n) is 7.44. The Kier molecular flexibility index (Phi) is 4.08. The summed E-state index contributed by atoms with van der Waals surface area (Å²) in [6, 6.07) is 3.37. The lowest BCUT2D eigenvalue weighted by atomic mass is 10.00. The van der Waals surface area contributed by atoms with Gasteiger partial charge in [-0.05, 0) is 26.0 Å². The zero-order chi connectivity index (χ0) is 16.6. The predicted molar refractivity (Wildman–Crippen MR) is 84.1 cm³/mol. The molecule has 0 aliphatic carbocycles. The van der Waals surface area contributed by atoms with Gasteiger partial charge in [0.25, 0.3) is 5.91 Å². The molecule has 1 unspecified atom stereocenters. The molecule has 1 saturated heterocycles. The SMILES string of the molecule is CC(C)n1cc(C2(O)CCN(C(=O)c3ccc(Cl)cn3)C2)nn1. The van der Waals surface area contributed by atoms with Gasteiger partial charge in [-0.25, -0.2) is 9.67 Å². The van der Waals surface area contributed by atoms with E-state index in [4.69, 9.17) is 11.6 Å². The summed E-state index contributed by atoms with van der Waals surface area (Å²) in [5.41, 5.74) is -0.370. The van der Waals surface area contributed by atoms with Gasteiger partial charge in [0.1, 0.15) is 17.0 Å². The number of pyridine rings is 1. The Morgan fingerprint density at radius 3 is 2.83 bits per heavy atom. The van der Waals surface area contributed by atoms with Crippen LogP contribution in [0, 0.1) is 0 Å². The molecule has 3 rings (SSSR count). The van der Waals surface area contributed by atoms with Gasteiger partial charge in [0.2, 0.25) is 0 Å². The first kappa shape index (κ1) is 15.9. The number of aliphatic hydroxyl groups is 1. The predicted octanol–water partition coefficient (Wildman–Crippen LogP) is 1.64. The van der Waals surface area contributed by atoms with Gasteiger partial charge in [-0.15, -0.1) is 5.10 Å². The van der Waals surface area contributed by atoms with Crippen molar-refractivity contribution in [3.63, 3.8) is 0 Å². The average Bonchev–Trinajstić information content (AvgIpc) is 3.15. The van der Waals surface area contributed by atoms with E-state index >= 15 is 0 Å². The lowest BCUT2D eigenvalue weighted by Gasteiger charge is -2.21. The highest BCUT2D eigenvalue weighted by Crippen LogP contribution is 2.31. The molecule has 1 aliphatic heterocycles. The van der Waals surface area contributed by atoms with Gasteiger partial charge in [0.15, 0.2) is 0 Å². The Labute approximate surface area is 138 Å². The molecule has 2 aromatic heterocycles. The number of likely N-dealkylation sites (tertiary alicyclic amines) is 1. The third-order valence-corrected chi connectivity index (χ3v) is 4.22. The summed E-state index contributed by atoms with van der Waals surface area (Å²) in [6.07, 6.45) is 3.59. The van der Waals surface area contributed by atoms with Crippen LogP contribution in [0.2, 0.25) is 5.02 Å². The van der Waals surface area contributed by atoms with Gasteiger partial charge >= 0.3 is 0 Å². The van der Waals surface area contributed by atoms with Gasteiger partial charge in [-0.1, -0.05) is 16.8 Å². The van der Waals surface area contributed by atoms with Crippen LogP contribution in [-0.2, 0) is 5.60 Å². The number of rotatable bonds is 3. The van der Waals surface area contributed by atoms with Crippen LogP contribution >= 0.6 is 11.6 Å². The third kappa shape index (κ3) is 3.07. The maximum atomic E-state index is 12.5. The van der Waals surface area contributed by atoms with Gasteiger partial charge in [0.05, 0.1) is 17.8 Å². The maximum Gasteiger partial charge on any atom is 0.272 e. The Hall–Kier alpha value is -1.99. The largest absolute Gasteiger partial charge is 0.381 e. The Balaban J connectivity index is 1.76. The van der Waals surface area contributed by atoms with Crippen LogP contribution in [0.5, 0.6) is 0 Å². The minimum absolute atomic E-state index is 0.164. The van der Waals surface area contributed by atoms with Gasteiger partial charge in [-0.2, -0.15) is 0 Å². The second kappa shape index (κ2) is 5.90. The summed E-state index contributed by atoms with van der Waals surface area (Å²) < 4.78 is 1.69. The fourth-order valence-electron chi connectivity index (χ4n) is 2.58. The molecular weight excluding hydrogens is 318 g/mol. The molecule has 3 heterocycles. The van der Waals surface area contributed by atoms with E-state index < -0.39 is 5.60 Å². The number of aromatic nitrogens is 4. The van der Waals surface area contributed by atoms with Crippen LogP contribution < -0.4 is 0 Å². The zero-order valence-corrected chi connectivity index (χ0v) is 13.7. The third-order valence-electron chi connectivity index (χ3n) is 4.00. The van der Waals surface area contributed by atoms with Crippen LogP contribution in [0.4, 0.5) is 0 Å². The number of hydrogen-bond acceptors (Lipinski definition) is 5. The molecule has 8 heteroatoms. The summed E-state index contributed by atoms with van der Waals surface area (Å²) >= 11 is 5.78. The molecule has 1 atom stereocenters. The van der Waals surface area contributed by atoms with E-state index in [1.165, 1.54) is 6.20 Å². The summed E-state index contributed by atoms with van der Waals surface area (Å²) in [5, 5.41) is 19.4. The smallest absolute Gasteiger partial charge is 0.272 e. The van der Waals surface area contributed by atoms with E-state index in [9.17, 15) is 9.90 Å². The highest BCUT2D eigenvalue weighted by Gasteiger charge is 2.42. The van der Waals surface area contributed by atoms with E-state index in [0.29, 0.717) is 29.4 Å². The molecule has 23 heavy (non-hydrogen) atoms. The van der Waals surface area contributed by atoms with Gasteiger partial charge in [0, 0.05) is 25.2 Å². The molecule has 1 N–H and O–H groups in total. The van der Waals surface area contributed by atoms with Crippen LogP contribution in [0.3, 0.4) is 0 Å². The van der Waals surface area contributed by atoms with Crippen LogP contribution in [0.25, 0.3) is 0 Å². The molecule has 0 saturated carbocycles. The lowest BCUT2D eigenvalue weighted by Crippen LogP contribution is -2.35. The van der Waals surface area contributed by atoms with Crippen molar-refractivity contribution >= 4 is 17.5 Å². The number of β-amino-alcohol motifs (C(OH)–C–C–N with tert-alkyl or cyclic N) is 1. The summed E-state index contributed by atoms with van der Waals surface area (Å²) in [6.45, 7) is 4.58. The normalized spacial score (nSPS) is 21.2. The molecule has 1 aliphatic rings. The maximum absolute atomic E-state index is 12.5. The molecule has 0 radical (unpaired) electrons. The standard InChI is InChI=1S/C15H18ClN5O2/c1-10(2)21-8-13(18-19-21)15(23)5-6-20(9-15)14(22)12-4-3-11(16)7-17-12/h3-4,7-8,10,23H,5-6,9H2,1-2H3. The molecule has 0 aromatic carbocycles. The Bertz CT molecular complexity index is 715. The van der Waals surface area contributed by atoms with Crippen molar-refractivity contribution in [3.8, 4) is 0 Å². The fourth-order valence-corrected chi connectivity index (χ4v) is 2.69. The number of hydrogen-bond donors (Lipinski definition) is 1. The molecule has 0 bridgehead atoms. The highest BCUT2D eigenvalue weighted by molar-refractivity contribution is 6.30. The highest BCUT2D eigenvalue weighted by atomic mass is 35.5. The second-order valence-corrected chi connectivity index (χ2v) is 6.48. The van der Waals surface area contributed by atoms with E-state index in [1.807, 2.05) is 13.8 Å². The molecular formula is C15H18ClN5O2. The Morgan fingerprint density at radius 2 is 2.22 bits per heavy atom. The summed E-state index contributed by atoms with van der Waals surface area (Å²) in [5.74, 6) is -0.228. The van der Waals surface area contributed by atoms with Crippen molar-refractivity contribution in [2.75, 3.05) is 13.1 Å². The zero-order valence-electron chi connectivity index (χ0n) is 13.0. The Morgan fingerprint density at radius 1 is 1.43 bits per heavy atom. The number of carbonyl (C=O) groups excluding carboxylic acids is 1. The molecule has 1 fully saturated rings. The minimum Gasteiger partial charge on any atom is -0.381 e. The van der Waals surface area contributed by atoms with E-state index in [1.54, 1.807) is 27.9 Å². The number of amides is 1. The molecule has 2 aromatic rings. The van der Waals surface area contributed by atoms with Gasteiger partial charge in [-0.3, -0.25) is 4.79 Å². The van der Waals surface area contributed by atoms with Crippen molar-refractivity contribution < 1.29 is 9.90 Å². The monoisotopic (exact) mass is 335 g/mol. The van der Waals surface area contributed by atoms with Crippen LogP contribution in [0.15, 0.2) is 24.5 Å². The van der Waals surface area contributed by atoms with Crippen LogP contribution in [-0.4, -0.2) is 49.0 Å². The van der Waals surface area contributed by atoms with E-state index in [0.717, 1.165) is 0 Å². The second-order valence-electron chi connectivity index (χ2n) is 6.05. The molecule has 7 nitrogen and oxygen atoms in total. The van der Waals surface area contributed by atoms with Crippen molar-refractivity contribution in [2.24, 2.45) is 0 Å². The van der Waals surface area contributed by atoms with Crippen molar-refractivity contribution in [1.29, 1.82) is 0 Å². The lowest BCUT2D eigenvalue weighted by molar-refractivity contribution is 0.0380. The quantitative estimate of drug-likeness (QED) is 0.921. The minimum atomic E-state index is -1.17. The number of carbonyl (C=O) groups is 1. The van der Waals surface area contributed by atoms with E-state index in [-0.39, 0.29) is 18.5 Å². The topological polar surface area (TPSA) is 84.1 Å². The first-order valence-corrected chi connectivity index (χ1v) is 7.82. The molecule has 0 spiro atoms. The first-order chi connectivity index (χ1) is 10.9. The van der Waals surface area contributed by atoms with Crippen molar-refractivity contribution in [2.45, 2.75) is 31.9 Å². The number of halogens is 1. The van der Waals surface area contributed by atoms with Gasteiger partial charge < -0.3 is 10.0 Å². The number of nitrogens with zero attached hydrogens (tertiary/aromatic N) is 5. The fraction of sp³-hybridized carbons (Fsp3) is 0.467. The van der Waals surface area contributed by atoms with Crippen LogP contribution in [0.1, 0.15) is 42.5 Å².